The van der Waals surface area contributed by atoms with Crippen molar-refractivity contribution in [3.8, 4) is 11.5 Å². The van der Waals surface area contributed by atoms with E-state index in [0.717, 1.165) is 36.3 Å². The van der Waals surface area contributed by atoms with E-state index in [-0.39, 0.29) is 6.61 Å². The van der Waals surface area contributed by atoms with Crippen LogP contribution in [0.3, 0.4) is 0 Å². The molecule has 0 spiro atoms. The Hall–Kier alpha value is -1.22. The van der Waals surface area contributed by atoms with Gasteiger partial charge in [-0.1, -0.05) is 20.8 Å². The monoisotopic (exact) mass is 266 g/mol. The number of aliphatic hydroxyl groups is 1. The highest BCUT2D eigenvalue weighted by molar-refractivity contribution is 5.40. The zero-order chi connectivity index (χ0) is 14.1. The molecule has 0 radical (unpaired) electrons. The van der Waals surface area contributed by atoms with E-state index in [9.17, 15) is 5.11 Å². The minimum absolute atomic E-state index is 0.00638. The Morgan fingerprint density at radius 3 is 2.58 bits per heavy atom. The van der Waals surface area contributed by atoms with E-state index in [0.29, 0.717) is 19.1 Å². The lowest BCUT2D eigenvalue weighted by molar-refractivity contribution is 0.255. The lowest BCUT2D eigenvalue weighted by Gasteiger charge is -2.13. The van der Waals surface area contributed by atoms with Gasteiger partial charge in [-0.05, 0) is 37.3 Å². The Labute approximate surface area is 116 Å². The zero-order valence-electron chi connectivity index (χ0n) is 12.3. The average Bonchev–Trinajstić information content (AvgIpc) is 2.41. The van der Waals surface area contributed by atoms with Crippen LogP contribution >= 0.6 is 0 Å². The molecule has 0 unspecified atom stereocenters. The van der Waals surface area contributed by atoms with Gasteiger partial charge in [-0.15, -0.1) is 0 Å². The van der Waals surface area contributed by atoms with Crippen molar-refractivity contribution in [2.24, 2.45) is 5.92 Å². The fourth-order valence-corrected chi connectivity index (χ4v) is 1.78. The summed E-state index contributed by atoms with van der Waals surface area (Å²) in [5.41, 5.74) is 0.813. The van der Waals surface area contributed by atoms with Gasteiger partial charge >= 0.3 is 0 Å². The summed E-state index contributed by atoms with van der Waals surface area (Å²) >= 11 is 0. The standard InChI is InChI=1S/C16H26O3/c1-4-9-18-15-8-7-14(12-17)16(11-15)19-10-5-6-13(2)3/h7-8,11,13,17H,4-6,9-10,12H2,1-3H3. The fourth-order valence-electron chi connectivity index (χ4n) is 1.78. The second-order valence-electron chi connectivity index (χ2n) is 5.16. The van der Waals surface area contributed by atoms with Crippen LogP contribution < -0.4 is 9.47 Å². The molecular weight excluding hydrogens is 240 g/mol. The van der Waals surface area contributed by atoms with Crippen molar-refractivity contribution < 1.29 is 14.6 Å². The minimum Gasteiger partial charge on any atom is -0.493 e. The molecule has 0 aliphatic rings. The molecule has 1 rings (SSSR count). The van der Waals surface area contributed by atoms with Crippen LogP contribution in [0.1, 0.15) is 45.6 Å². The second-order valence-corrected chi connectivity index (χ2v) is 5.16. The van der Waals surface area contributed by atoms with Crippen LogP contribution in [0.2, 0.25) is 0 Å². The second kappa shape index (κ2) is 8.81. The van der Waals surface area contributed by atoms with Crippen molar-refractivity contribution in [3.05, 3.63) is 23.8 Å². The molecule has 0 amide bonds. The molecule has 0 saturated carbocycles. The largest absolute Gasteiger partial charge is 0.493 e. The molecule has 0 fully saturated rings. The maximum atomic E-state index is 9.31. The smallest absolute Gasteiger partial charge is 0.128 e. The lowest BCUT2D eigenvalue weighted by Crippen LogP contribution is -2.03. The molecule has 0 atom stereocenters. The number of ether oxygens (including phenoxy) is 2. The SMILES string of the molecule is CCCOc1ccc(CO)c(OCCCC(C)C)c1. The first-order valence-electron chi connectivity index (χ1n) is 7.16. The van der Waals surface area contributed by atoms with E-state index in [1.807, 2.05) is 18.2 Å². The minimum atomic E-state index is -0.00638. The molecule has 1 N–H and O–H groups in total. The first-order chi connectivity index (χ1) is 9.17. The van der Waals surface area contributed by atoms with Gasteiger partial charge in [-0.25, -0.2) is 0 Å². The first-order valence-corrected chi connectivity index (χ1v) is 7.16. The maximum Gasteiger partial charge on any atom is 0.128 e. The highest BCUT2D eigenvalue weighted by Gasteiger charge is 2.06. The van der Waals surface area contributed by atoms with Gasteiger partial charge in [0.05, 0.1) is 19.8 Å². The van der Waals surface area contributed by atoms with Crippen LogP contribution in [0.4, 0.5) is 0 Å². The molecule has 0 aliphatic carbocycles. The topological polar surface area (TPSA) is 38.7 Å². The maximum absolute atomic E-state index is 9.31. The third-order valence-corrected chi connectivity index (χ3v) is 2.87. The van der Waals surface area contributed by atoms with E-state index in [2.05, 4.69) is 20.8 Å². The molecule has 1 aromatic rings. The van der Waals surface area contributed by atoms with Crippen molar-refractivity contribution in [1.82, 2.24) is 0 Å². The highest BCUT2D eigenvalue weighted by atomic mass is 16.5. The van der Waals surface area contributed by atoms with Crippen molar-refractivity contribution in [2.75, 3.05) is 13.2 Å². The molecule has 0 saturated heterocycles. The van der Waals surface area contributed by atoms with Gasteiger partial charge in [-0.2, -0.15) is 0 Å². The summed E-state index contributed by atoms with van der Waals surface area (Å²) in [6, 6.07) is 5.61. The molecule has 3 nitrogen and oxygen atoms in total. The molecule has 3 heteroatoms. The van der Waals surface area contributed by atoms with Gasteiger partial charge in [0.2, 0.25) is 0 Å². The normalized spacial score (nSPS) is 10.8. The molecule has 0 aromatic heterocycles. The highest BCUT2D eigenvalue weighted by Crippen LogP contribution is 2.25. The molecule has 1 aromatic carbocycles. The van der Waals surface area contributed by atoms with Gasteiger partial charge in [0.1, 0.15) is 11.5 Å². The van der Waals surface area contributed by atoms with Gasteiger partial charge in [0.25, 0.3) is 0 Å². The predicted octanol–water partition coefficient (Wildman–Crippen LogP) is 3.78. The van der Waals surface area contributed by atoms with Gasteiger partial charge in [0.15, 0.2) is 0 Å². The Balaban J connectivity index is 2.57. The third-order valence-electron chi connectivity index (χ3n) is 2.87. The van der Waals surface area contributed by atoms with Gasteiger partial charge in [-0.3, -0.25) is 0 Å². The third kappa shape index (κ3) is 5.97. The van der Waals surface area contributed by atoms with Gasteiger partial charge in [0, 0.05) is 11.6 Å². The quantitative estimate of drug-likeness (QED) is 0.691. The summed E-state index contributed by atoms with van der Waals surface area (Å²) in [5, 5.41) is 9.31. The number of rotatable bonds is 9. The molecular formula is C16H26O3. The lowest BCUT2D eigenvalue weighted by atomic mass is 10.1. The van der Waals surface area contributed by atoms with Crippen LogP contribution in [0.15, 0.2) is 18.2 Å². The van der Waals surface area contributed by atoms with E-state index < -0.39 is 0 Å². The predicted molar refractivity (Wildman–Crippen MR) is 77.7 cm³/mol. The number of aliphatic hydroxyl groups excluding tert-OH is 1. The van der Waals surface area contributed by atoms with Gasteiger partial charge < -0.3 is 14.6 Å². The van der Waals surface area contributed by atoms with E-state index >= 15 is 0 Å². The van der Waals surface area contributed by atoms with Crippen LogP contribution in [0.5, 0.6) is 11.5 Å². The van der Waals surface area contributed by atoms with Crippen molar-refractivity contribution in [1.29, 1.82) is 0 Å². The van der Waals surface area contributed by atoms with Crippen LogP contribution in [-0.2, 0) is 6.61 Å². The Bertz CT molecular complexity index is 361. The van der Waals surface area contributed by atoms with Crippen LogP contribution in [0.25, 0.3) is 0 Å². The number of hydrogen-bond acceptors (Lipinski definition) is 3. The zero-order valence-corrected chi connectivity index (χ0v) is 12.3. The fraction of sp³-hybridized carbons (Fsp3) is 0.625. The Morgan fingerprint density at radius 2 is 1.95 bits per heavy atom. The van der Waals surface area contributed by atoms with Crippen molar-refractivity contribution >= 4 is 0 Å². The van der Waals surface area contributed by atoms with Crippen LogP contribution in [-0.4, -0.2) is 18.3 Å². The molecule has 0 bridgehead atoms. The Kier molecular flexibility index (Phi) is 7.34. The summed E-state index contributed by atoms with van der Waals surface area (Å²) < 4.78 is 11.3. The van der Waals surface area contributed by atoms with Crippen molar-refractivity contribution in [3.63, 3.8) is 0 Å². The Morgan fingerprint density at radius 1 is 1.16 bits per heavy atom. The average molecular weight is 266 g/mol. The summed E-state index contributed by atoms with van der Waals surface area (Å²) in [5.74, 6) is 2.23. The van der Waals surface area contributed by atoms with E-state index in [1.165, 1.54) is 0 Å². The van der Waals surface area contributed by atoms with E-state index in [4.69, 9.17) is 9.47 Å². The number of benzene rings is 1. The van der Waals surface area contributed by atoms with Crippen LogP contribution in [0, 0.1) is 5.92 Å². The first kappa shape index (κ1) is 15.8. The van der Waals surface area contributed by atoms with Crippen molar-refractivity contribution in [2.45, 2.75) is 46.6 Å². The van der Waals surface area contributed by atoms with E-state index in [1.54, 1.807) is 0 Å². The summed E-state index contributed by atoms with van der Waals surface area (Å²) in [6.07, 6.45) is 3.16. The summed E-state index contributed by atoms with van der Waals surface area (Å²) in [4.78, 5) is 0. The number of hydrogen-bond donors (Lipinski definition) is 1. The molecule has 0 heterocycles. The summed E-state index contributed by atoms with van der Waals surface area (Å²) in [6.45, 7) is 7.86. The molecule has 19 heavy (non-hydrogen) atoms. The summed E-state index contributed by atoms with van der Waals surface area (Å²) in [7, 11) is 0. The molecule has 108 valence electrons. The molecule has 0 aliphatic heterocycles.